The van der Waals surface area contributed by atoms with Crippen molar-refractivity contribution in [3.63, 3.8) is 0 Å². The van der Waals surface area contributed by atoms with Gasteiger partial charge in [-0.05, 0) is 48.0 Å². The number of sulfonamides is 1. The van der Waals surface area contributed by atoms with Crippen LogP contribution >= 0.6 is 23.2 Å². The summed E-state index contributed by atoms with van der Waals surface area (Å²) < 4.78 is 27.2. The van der Waals surface area contributed by atoms with Crippen LogP contribution in [0.1, 0.15) is 18.1 Å². The van der Waals surface area contributed by atoms with Gasteiger partial charge < -0.3 is 5.32 Å². The van der Waals surface area contributed by atoms with Crippen molar-refractivity contribution >= 4 is 33.2 Å². The van der Waals surface area contributed by atoms with E-state index >= 15 is 0 Å². The van der Waals surface area contributed by atoms with E-state index in [9.17, 15) is 8.42 Å². The highest BCUT2D eigenvalue weighted by molar-refractivity contribution is 7.89. The van der Waals surface area contributed by atoms with Crippen LogP contribution in [0.4, 0.5) is 0 Å². The number of nitrogens with one attached hydrogen (secondary N) is 2. The second-order valence-electron chi connectivity index (χ2n) is 5.03. The fourth-order valence-corrected chi connectivity index (χ4v) is 3.62. The van der Waals surface area contributed by atoms with Crippen LogP contribution in [0.25, 0.3) is 0 Å². The molecule has 2 aromatic rings. The molecule has 2 N–H and O–H groups in total. The molecule has 0 aliphatic rings. The van der Waals surface area contributed by atoms with Crippen LogP contribution in [0.5, 0.6) is 0 Å². The molecule has 0 aliphatic heterocycles. The van der Waals surface area contributed by atoms with Gasteiger partial charge in [0, 0.05) is 23.1 Å². The van der Waals surface area contributed by atoms with E-state index in [2.05, 4.69) is 10.0 Å². The Balaban J connectivity index is 2.06. The van der Waals surface area contributed by atoms with Crippen LogP contribution in [0.15, 0.2) is 47.4 Å². The third-order valence-electron chi connectivity index (χ3n) is 3.20. The molecular weight excluding hydrogens is 355 g/mol. The van der Waals surface area contributed by atoms with Gasteiger partial charge in [-0.3, -0.25) is 0 Å². The number of benzene rings is 2. The van der Waals surface area contributed by atoms with E-state index in [0.29, 0.717) is 22.2 Å². The van der Waals surface area contributed by atoms with E-state index in [0.717, 1.165) is 12.1 Å². The van der Waals surface area contributed by atoms with Gasteiger partial charge in [0.1, 0.15) is 0 Å². The molecule has 7 heteroatoms. The molecule has 0 bridgehead atoms. The molecule has 124 valence electrons. The molecule has 0 atom stereocenters. The van der Waals surface area contributed by atoms with Gasteiger partial charge in [-0.2, -0.15) is 0 Å². The normalized spacial score (nSPS) is 11.6. The van der Waals surface area contributed by atoms with Crippen molar-refractivity contribution in [1.29, 1.82) is 0 Å². The first-order chi connectivity index (χ1) is 10.9. The molecule has 0 aromatic heterocycles. The predicted molar refractivity (Wildman–Crippen MR) is 94.3 cm³/mol. The van der Waals surface area contributed by atoms with Crippen LogP contribution < -0.4 is 10.0 Å². The topological polar surface area (TPSA) is 58.2 Å². The molecule has 2 aromatic carbocycles. The van der Waals surface area contributed by atoms with E-state index in [-0.39, 0.29) is 11.4 Å². The zero-order chi connectivity index (χ0) is 16.9. The number of halogens is 2. The Hall–Kier alpha value is -1.11. The quantitative estimate of drug-likeness (QED) is 0.780. The van der Waals surface area contributed by atoms with Gasteiger partial charge in [-0.1, -0.05) is 42.3 Å². The maximum absolute atomic E-state index is 12.3. The monoisotopic (exact) mass is 372 g/mol. The second kappa shape index (κ2) is 8.13. The SMILES string of the molecule is CCNCc1ccc(S(=O)(=O)NCc2cc(Cl)cc(Cl)c2)cc1. The van der Waals surface area contributed by atoms with Crippen LogP contribution in [0, 0.1) is 0 Å². The van der Waals surface area contributed by atoms with Crippen molar-refractivity contribution in [1.82, 2.24) is 10.0 Å². The average molecular weight is 373 g/mol. The molecule has 2 rings (SSSR count). The smallest absolute Gasteiger partial charge is 0.240 e. The fraction of sp³-hybridized carbons (Fsp3) is 0.250. The van der Waals surface area contributed by atoms with Crippen molar-refractivity contribution in [3.05, 3.63) is 63.6 Å². The van der Waals surface area contributed by atoms with Crippen molar-refractivity contribution < 1.29 is 8.42 Å². The Labute approximate surface area is 146 Å². The molecule has 0 aliphatic carbocycles. The third kappa shape index (κ3) is 5.48. The van der Waals surface area contributed by atoms with Crippen molar-refractivity contribution in [2.45, 2.75) is 24.9 Å². The lowest BCUT2D eigenvalue weighted by Crippen LogP contribution is -2.23. The van der Waals surface area contributed by atoms with E-state index in [1.165, 1.54) is 0 Å². The molecule has 0 spiro atoms. The van der Waals surface area contributed by atoms with Gasteiger partial charge in [-0.25, -0.2) is 13.1 Å². The van der Waals surface area contributed by atoms with E-state index in [4.69, 9.17) is 23.2 Å². The highest BCUT2D eigenvalue weighted by Crippen LogP contribution is 2.19. The summed E-state index contributed by atoms with van der Waals surface area (Å²) in [7, 11) is -3.58. The second-order valence-corrected chi connectivity index (χ2v) is 7.67. The van der Waals surface area contributed by atoms with Crippen LogP contribution in [-0.4, -0.2) is 15.0 Å². The number of hydrogen-bond donors (Lipinski definition) is 2. The van der Waals surface area contributed by atoms with Crippen molar-refractivity contribution in [3.8, 4) is 0 Å². The summed E-state index contributed by atoms with van der Waals surface area (Å²) in [5.74, 6) is 0. The first-order valence-electron chi connectivity index (χ1n) is 7.15. The molecule has 0 amide bonds. The highest BCUT2D eigenvalue weighted by atomic mass is 35.5. The molecule has 0 radical (unpaired) electrons. The summed E-state index contributed by atoms with van der Waals surface area (Å²) in [6.45, 7) is 3.72. The summed E-state index contributed by atoms with van der Waals surface area (Å²) in [6, 6.07) is 11.7. The highest BCUT2D eigenvalue weighted by Gasteiger charge is 2.13. The first kappa shape index (κ1) is 18.2. The standard InChI is InChI=1S/C16H18Cl2N2O2S/c1-2-19-10-12-3-5-16(6-4-12)23(21,22)20-11-13-7-14(17)9-15(18)8-13/h3-9,19-20H,2,10-11H2,1H3. The molecule has 0 saturated carbocycles. The minimum atomic E-state index is -3.58. The zero-order valence-corrected chi connectivity index (χ0v) is 15.0. The summed E-state index contributed by atoms with van der Waals surface area (Å²) in [5.41, 5.74) is 1.74. The number of rotatable bonds is 7. The Morgan fingerprint density at radius 3 is 2.09 bits per heavy atom. The van der Waals surface area contributed by atoms with E-state index in [1.54, 1.807) is 42.5 Å². The molecule has 4 nitrogen and oxygen atoms in total. The maximum atomic E-state index is 12.3. The summed E-state index contributed by atoms with van der Waals surface area (Å²) >= 11 is 11.8. The summed E-state index contributed by atoms with van der Waals surface area (Å²) in [4.78, 5) is 0.228. The van der Waals surface area contributed by atoms with Gasteiger partial charge >= 0.3 is 0 Å². The maximum Gasteiger partial charge on any atom is 0.240 e. The molecular formula is C16H18Cl2N2O2S. The molecule has 0 saturated heterocycles. The zero-order valence-electron chi connectivity index (χ0n) is 12.6. The minimum Gasteiger partial charge on any atom is -0.313 e. The first-order valence-corrected chi connectivity index (χ1v) is 9.39. The van der Waals surface area contributed by atoms with E-state index in [1.807, 2.05) is 6.92 Å². The molecule has 0 fully saturated rings. The lowest BCUT2D eigenvalue weighted by molar-refractivity contribution is 0.581. The van der Waals surface area contributed by atoms with Gasteiger partial charge in [0.15, 0.2) is 0 Å². The molecule has 0 heterocycles. The fourth-order valence-electron chi connectivity index (χ4n) is 2.03. The number of hydrogen-bond acceptors (Lipinski definition) is 3. The average Bonchev–Trinajstić information content (AvgIpc) is 2.51. The largest absolute Gasteiger partial charge is 0.313 e. The lowest BCUT2D eigenvalue weighted by Gasteiger charge is -2.09. The van der Waals surface area contributed by atoms with E-state index < -0.39 is 10.0 Å². The molecule has 23 heavy (non-hydrogen) atoms. The van der Waals surface area contributed by atoms with Crippen LogP contribution in [0.2, 0.25) is 10.0 Å². The van der Waals surface area contributed by atoms with Gasteiger partial charge in [0.05, 0.1) is 4.90 Å². The van der Waals surface area contributed by atoms with Crippen molar-refractivity contribution in [2.75, 3.05) is 6.54 Å². The van der Waals surface area contributed by atoms with Crippen LogP contribution in [-0.2, 0) is 23.1 Å². The predicted octanol–water partition coefficient (Wildman–Crippen LogP) is 3.58. The van der Waals surface area contributed by atoms with Gasteiger partial charge in [0.25, 0.3) is 0 Å². The Bertz CT molecular complexity index is 742. The summed E-state index contributed by atoms with van der Waals surface area (Å²) in [6.07, 6.45) is 0. The van der Waals surface area contributed by atoms with Gasteiger partial charge in [-0.15, -0.1) is 0 Å². The summed E-state index contributed by atoms with van der Waals surface area (Å²) in [5, 5.41) is 4.13. The van der Waals surface area contributed by atoms with Gasteiger partial charge in [0.2, 0.25) is 10.0 Å². The lowest BCUT2D eigenvalue weighted by atomic mass is 10.2. The van der Waals surface area contributed by atoms with Crippen molar-refractivity contribution in [2.24, 2.45) is 0 Å². The minimum absolute atomic E-state index is 0.127. The van der Waals surface area contributed by atoms with Crippen LogP contribution in [0.3, 0.4) is 0 Å². The molecule has 0 unspecified atom stereocenters. The Kier molecular flexibility index (Phi) is 6.44. The Morgan fingerprint density at radius 2 is 1.52 bits per heavy atom. The Morgan fingerprint density at radius 1 is 0.913 bits per heavy atom. The third-order valence-corrected chi connectivity index (χ3v) is 5.06.